The van der Waals surface area contributed by atoms with Gasteiger partial charge in [-0.3, -0.25) is 9.69 Å². The average Bonchev–Trinajstić information content (AvgIpc) is 2.64. The van der Waals surface area contributed by atoms with Gasteiger partial charge >= 0.3 is 0 Å². The lowest BCUT2D eigenvalue weighted by atomic mass is 9.94. The zero-order valence-electron chi connectivity index (χ0n) is 17.2. The monoisotopic (exact) mass is 365 g/mol. The number of hydrogen-bond acceptors (Lipinski definition) is 4. The number of Topliss-reactive ketones (excluding diaryl/α,β-unsaturated/α-hetero) is 1. The van der Waals surface area contributed by atoms with Crippen molar-refractivity contribution in [2.24, 2.45) is 5.92 Å². The van der Waals surface area contributed by atoms with E-state index in [9.17, 15) is 4.79 Å². The SMILES string of the molecule is CCCCCCCCOC1C=C(CN2CCCCC2)C(=O)C(C(C)C)O1. The number of unbranched alkanes of at least 4 members (excludes halogenated alkanes) is 5. The summed E-state index contributed by atoms with van der Waals surface area (Å²) < 4.78 is 11.9. The number of carbonyl (C=O) groups excluding carboxylic acids is 1. The van der Waals surface area contributed by atoms with Gasteiger partial charge in [0, 0.05) is 12.1 Å². The van der Waals surface area contributed by atoms with E-state index in [0.29, 0.717) is 6.61 Å². The van der Waals surface area contributed by atoms with Crippen molar-refractivity contribution in [1.29, 1.82) is 0 Å². The summed E-state index contributed by atoms with van der Waals surface area (Å²) in [7, 11) is 0. The molecule has 0 N–H and O–H groups in total. The number of hydrogen-bond donors (Lipinski definition) is 0. The maximum absolute atomic E-state index is 12.8. The number of rotatable bonds is 11. The van der Waals surface area contributed by atoms with Gasteiger partial charge in [0.25, 0.3) is 0 Å². The van der Waals surface area contributed by atoms with Crippen molar-refractivity contribution in [1.82, 2.24) is 4.90 Å². The Hall–Kier alpha value is -0.710. The van der Waals surface area contributed by atoms with Crippen molar-refractivity contribution < 1.29 is 14.3 Å². The Morgan fingerprint density at radius 2 is 1.81 bits per heavy atom. The van der Waals surface area contributed by atoms with E-state index < -0.39 is 0 Å². The van der Waals surface area contributed by atoms with Gasteiger partial charge < -0.3 is 9.47 Å². The van der Waals surface area contributed by atoms with Gasteiger partial charge in [0.05, 0.1) is 6.61 Å². The first kappa shape index (κ1) is 21.6. The van der Waals surface area contributed by atoms with Crippen LogP contribution in [0.25, 0.3) is 0 Å². The molecule has 26 heavy (non-hydrogen) atoms. The molecule has 0 aliphatic carbocycles. The van der Waals surface area contributed by atoms with E-state index in [1.807, 2.05) is 6.08 Å². The molecule has 1 saturated heterocycles. The average molecular weight is 366 g/mol. The van der Waals surface area contributed by atoms with E-state index in [1.54, 1.807) is 0 Å². The number of carbonyl (C=O) groups is 1. The highest BCUT2D eigenvalue weighted by atomic mass is 16.7. The summed E-state index contributed by atoms with van der Waals surface area (Å²) in [6.45, 7) is 10.0. The number of piperidine rings is 1. The molecular weight excluding hydrogens is 326 g/mol. The van der Waals surface area contributed by atoms with Crippen LogP contribution in [0.2, 0.25) is 0 Å². The van der Waals surface area contributed by atoms with Gasteiger partial charge in [0.2, 0.25) is 0 Å². The molecule has 0 amide bonds. The first-order valence-electron chi connectivity index (χ1n) is 10.9. The summed E-state index contributed by atoms with van der Waals surface area (Å²) in [6.07, 6.45) is 12.5. The Kier molecular flexibility index (Phi) is 9.87. The Labute approximate surface area is 160 Å². The van der Waals surface area contributed by atoms with Gasteiger partial charge in [-0.15, -0.1) is 0 Å². The molecule has 0 aromatic rings. The van der Waals surface area contributed by atoms with Gasteiger partial charge in [0.1, 0.15) is 6.10 Å². The maximum atomic E-state index is 12.8. The largest absolute Gasteiger partial charge is 0.349 e. The molecule has 150 valence electrons. The molecule has 2 aliphatic heterocycles. The Morgan fingerprint density at radius 1 is 1.12 bits per heavy atom. The minimum absolute atomic E-state index is 0.157. The Bertz CT molecular complexity index is 441. The second-order valence-corrected chi connectivity index (χ2v) is 8.20. The topological polar surface area (TPSA) is 38.8 Å². The van der Waals surface area contributed by atoms with Crippen LogP contribution in [0.15, 0.2) is 11.6 Å². The second kappa shape index (κ2) is 11.9. The zero-order valence-corrected chi connectivity index (χ0v) is 17.2. The fourth-order valence-corrected chi connectivity index (χ4v) is 3.79. The first-order valence-corrected chi connectivity index (χ1v) is 10.9. The van der Waals surface area contributed by atoms with E-state index in [-0.39, 0.29) is 24.1 Å². The Morgan fingerprint density at radius 3 is 2.50 bits per heavy atom. The van der Waals surface area contributed by atoms with E-state index >= 15 is 0 Å². The van der Waals surface area contributed by atoms with E-state index in [4.69, 9.17) is 9.47 Å². The van der Waals surface area contributed by atoms with Crippen LogP contribution in [-0.2, 0) is 14.3 Å². The summed E-state index contributed by atoms with van der Waals surface area (Å²) >= 11 is 0. The smallest absolute Gasteiger partial charge is 0.189 e. The highest BCUT2D eigenvalue weighted by Gasteiger charge is 2.34. The number of ether oxygens (including phenoxy) is 2. The molecule has 2 aliphatic rings. The summed E-state index contributed by atoms with van der Waals surface area (Å²) in [6, 6.07) is 0. The predicted octanol–water partition coefficient (Wildman–Crippen LogP) is 4.73. The van der Waals surface area contributed by atoms with Crippen molar-refractivity contribution in [3.8, 4) is 0 Å². The van der Waals surface area contributed by atoms with E-state index in [0.717, 1.165) is 31.6 Å². The molecule has 2 atom stereocenters. The van der Waals surface area contributed by atoms with E-state index in [2.05, 4.69) is 25.7 Å². The number of nitrogens with zero attached hydrogens (tertiary/aromatic N) is 1. The van der Waals surface area contributed by atoms with Crippen molar-refractivity contribution >= 4 is 5.78 Å². The lowest BCUT2D eigenvalue weighted by Gasteiger charge is -2.33. The molecule has 0 radical (unpaired) electrons. The molecule has 2 unspecified atom stereocenters. The standard InChI is InChI=1S/C22H39NO3/c1-4-5-6-7-8-12-15-25-20-16-19(17-23-13-10-9-11-14-23)21(24)22(26-20)18(2)3/h16,18,20,22H,4-15,17H2,1-3H3. The third kappa shape index (κ3) is 7.13. The van der Waals surface area contributed by atoms with Crippen LogP contribution in [0.5, 0.6) is 0 Å². The molecule has 1 fully saturated rings. The number of likely N-dealkylation sites (tertiary alicyclic amines) is 1. The van der Waals surface area contributed by atoms with Crippen molar-refractivity contribution in [3.05, 3.63) is 11.6 Å². The van der Waals surface area contributed by atoms with E-state index in [1.165, 1.54) is 51.4 Å². The first-order chi connectivity index (χ1) is 12.6. The minimum atomic E-state index is -0.366. The van der Waals surface area contributed by atoms with Crippen molar-refractivity contribution in [2.75, 3.05) is 26.2 Å². The molecule has 4 nitrogen and oxygen atoms in total. The lowest BCUT2D eigenvalue weighted by molar-refractivity contribution is -0.171. The second-order valence-electron chi connectivity index (χ2n) is 8.20. The Balaban J connectivity index is 1.84. The molecule has 0 aromatic carbocycles. The normalized spacial score (nSPS) is 24.9. The van der Waals surface area contributed by atoms with Gasteiger partial charge in [-0.05, 0) is 44.3 Å². The summed E-state index contributed by atoms with van der Waals surface area (Å²) in [5.41, 5.74) is 0.893. The zero-order chi connectivity index (χ0) is 18.8. The molecule has 2 heterocycles. The molecule has 0 bridgehead atoms. The predicted molar refractivity (Wildman–Crippen MR) is 106 cm³/mol. The van der Waals surface area contributed by atoms with Crippen LogP contribution in [0.3, 0.4) is 0 Å². The summed E-state index contributed by atoms with van der Waals surface area (Å²) in [5.74, 6) is 0.331. The fourth-order valence-electron chi connectivity index (χ4n) is 3.79. The van der Waals surface area contributed by atoms with Crippen LogP contribution in [0.1, 0.15) is 78.6 Å². The summed E-state index contributed by atoms with van der Waals surface area (Å²) in [5, 5.41) is 0. The van der Waals surface area contributed by atoms with Crippen LogP contribution < -0.4 is 0 Å². The summed E-state index contributed by atoms with van der Waals surface area (Å²) in [4.78, 5) is 15.2. The van der Waals surface area contributed by atoms with Gasteiger partial charge in [-0.1, -0.05) is 59.3 Å². The lowest BCUT2D eigenvalue weighted by Crippen LogP contribution is -2.43. The molecule has 4 heteroatoms. The third-order valence-corrected chi connectivity index (χ3v) is 5.42. The highest BCUT2D eigenvalue weighted by molar-refractivity contribution is 6.00. The van der Waals surface area contributed by atoms with Gasteiger partial charge in [0.15, 0.2) is 12.1 Å². The number of ketones is 1. The molecule has 0 spiro atoms. The molecule has 2 rings (SSSR count). The van der Waals surface area contributed by atoms with Gasteiger partial charge in [-0.2, -0.15) is 0 Å². The van der Waals surface area contributed by atoms with Crippen LogP contribution in [-0.4, -0.2) is 49.3 Å². The van der Waals surface area contributed by atoms with Crippen molar-refractivity contribution in [3.63, 3.8) is 0 Å². The maximum Gasteiger partial charge on any atom is 0.189 e. The fraction of sp³-hybridized carbons (Fsp3) is 0.864. The van der Waals surface area contributed by atoms with Crippen molar-refractivity contribution in [2.45, 2.75) is 91.0 Å². The van der Waals surface area contributed by atoms with Crippen LogP contribution in [0, 0.1) is 5.92 Å². The minimum Gasteiger partial charge on any atom is -0.349 e. The third-order valence-electron chi connectivity index (χ3n) is 5.42. The van der Waals surface area contributed by atoms with Gasteiger partial charge in [-0.25, -0.2) is 0 Å². The molecular formula is C22H39NO3. The van der Waals surface area contributed by atoms with Crippen LogP contribution in [0.4, 0.5) is 0 Å². The quantitative estimate of drug-likeness (QED) is 0.496. The van der Waals surface area contributed by atoms with Crippen LogP contribution >= 0.6 is 0 Å². The highest BCUT2D eigenvalue weighted by Crippen LogP contribution is 2.24. The molecule has 0 saturated carbocycles. The molecule has 0 aromatic heterocycles.